The van der Waals surface area contributed by atoms with Gasteiger partial charge in [0.2, 0.25) is 5.91 Å². The van der Waals surface area contributed by atoms with Gasteiger partial charge in [-0.1, -0.05) is 18.2 Å². The monoisotopic (exact) mass is 381 g/mol. The average Bonchev–Trinajstić information content (AvgIpc) is 2.67. The number of rotatable bonds is 3. The second-order valence-corrected chi connectivity index (χ2v) is 8.13. The summed E-state index contributed by atoms with van der Waals surface area (Å²) in [5.74, 6) is -0.131. The van der Waals surface area contributed by atoms with Gasteiger partial charge in [-0.05, 0) is 57.9 Å². The zero-order chi connectivity index (χ0) is 20.3. The van der Waals surface area contributed by atoms with Crippen LogP contribution < -0.4 is 5.73 Å². The molecule has 0 aliphatic carbocycles. The first-order valence-electron chi connectivity index (χ1n) is 9.58. The lowest BCUT2D eigenvalue weighted by Gasteiger charge is -2.33. The van der Waals surface area contributed by atoms with Crippen LogP contribution in [0.15, 0.2) is 42.5 Å². The van der Waals surface area contributed by atoms with E-state index in [4.69, 9.17) is 15.5 Å². The zero-order valence-corrected chi connectivity index (χ0v) is 16.6. The van der Waals surface area contributed by atoms with Crippen molar-refractivity contribution in [3.05, 3.63) is 53.7 Å². The molecule has 2 aromatic rings. The molecule has 2 amide bonds. The van der Waals surface area contributed by atoms with E-state index in [-0.39, 0.29) is 6.09 Å². The van der Waals surface area contributed by atoms with Gasteiger partial charge < -0.3 is 15.4 Å². The van der Waals surface area contributed by atoms with Gasteiger partial charge in [-0.15, -0.1) is 0 Å². The molecule has 0 spiro atoms. The van der Waals surface area contributed by atoms with Crippen LogP contribution in [0.25, 0.3) is 11.3 Å². The van der Waals surface area contributed by atoms with Crippen LogP contribution in [-0.4, -0.2) is 40.6 Å². The number of ether oxygens (including phenoxy) is 1. The average molecular weight is 381 g/mol. The number of aromatic nitrogens is 1. The van der Waals surface area contributed by atoms with Crippen LogP contribution in [0.2, 0.25) is 0 Å². The topological polar surface area (TPSA) is 85.5 Å². The largest absolute Gasteiger partial charge is 0.444 e. The minimum absolute atomic E-state index is 0.248. The summed E-state index contributed by atoms with van der Waals surface area (Å²) in [4.78, 5) is 30.0. The number of pyridine rings is 1. The van der Waals surface area contributed by atoms with Gasteiger partial charge in [0, 0.05) is 35.8 Å². The highest BCUT2D eigenvalue weighted by Crippen LogP contribution is 2.29. The lowest BCUT2D eigenvalue weighted by molar-refractivity contribution is 0.0204. The van der Waals surface area contributed by atoms with E-state index in [1.165, 1.54) is 0 Å². The molecule has 28 heavy (non-hydrogen) atoms. The van der Waals surface area contributed by atoms with Crippen molar-refractivity contribution in [3.8, 4) is 11.3 Å². The standard InChI is InChI=1S/C22H27N3O3/c1-22(2,3)28-21(27)25-13-11-16(12-14-25)19-6-4-5-18(24-19)15-7-9-17(10-8-15)20(23)26/h4-10,16H,11-14H2,1-3H3,(H2,23,26). The molecule has 1 aliphatic rings. The first-order chi connectivity index (χ1) is 13.2. The SMILES string of the molecule is CC(C)(C)OC(=O)N1CCC(c2cccc(-c3ccc(C(N)=O)cc3)n2)CC1. The summed E-state index contributed by atoms with van der Waals surface area (Å²) in [6, 6.07) is 13.1. The smallest absolute Gasteiger partial charge is 0.410 e. The van der Waals surface area contributed by atoms with Crippen molar-refractivity contribution in [2.45, 2.75) is 45.1 Å². The third-order valence-corrected chi connectivity index (χ3v) is 4.80. The van der Waals surface area contributed by atoms with E-state index in [0.29, 0.717) is 24.6 Å². The molecule has 1 aromatic heterocycles. The summed E-state index contributed by atoms with van der Waals surface area (Å²) in [7, 11) is 0. The number of benzene rings is 1. The van der Waals surface area contributed by atoms with Crippen molar-refractivity contribution >= 4 is 12.0 Å². The maximum absolute atomic E-state index is 12.2. The predicted octanol–water partition coefficient (Wildman–Crippen LogP) is 3.96. The third-order valence-electron chi connectivity index (χ3n) is 4.80. The van der Waals surface area contributed by atoms with Crippen molar-refractivity contribution in [1.29, 1.82) is 0 Å². The number of carbonyl (C=O) groups excluding carboxylic acids is 2. The summed E-state index contributed by atoms with van der Waals surface area (Å²) in [5, 5.41) is 0. The molecule has 0 radical (unpaired) electrons. The minimum atomic E-state index is -0.478. The number of hydrogen-bond acceptors (Lipinski definition) is 4. The molecule has 148 valence electrons. The molecule has 0 bridgehead atoms. The van der Waals surface area contributed by atoms with E-state index < -0.39 is 11.5 Å². The molecule has 0 unspecified atom stereocenters. The maximum atomic E-state index is 12.2. The number of nitrogens with zero attached hydrogens (tertiary/aromatic N) is 2. The van der Waals surface area contributed by atoms with Gasteiger partial charge in [0.05, 0.1) is 5.69 Å². The highest BCUT2D eigenvalue weighted by atomic mass is 16.6. The van der Waals surface area contributed by atoms with Gasteiger partial charge >= 0.3 is 6.09 Å². The van der Waals surface area contributed by atoms with Crippen LogP contribution in [-0.2, 0) is 4.74 Å². The van der Waals surface area contributed by atoms with E-state index in [9.17, 15) is 9.59 Å². The Balaban J connectivity index is 1.67. The molecule has 1 fully saturated rings. The van der Waals surface area contributed by atoms with Crippen LogP contribution >= 0.6 is 0 Å². The fourth-order valence-electron chi connectivity index (χ4n) is 3.33. The summed E-state index contributed by atoms with van der Waals surface area (Å²) < 4.78 is 5.46. The van der Waals surface area contributed by atoms with Gasteiger partial charge in [-0.25, -0.2) is 4.79 Å². The Bertz CT molecular complexity index is 848. The Labute approximate surface area is 165 Å². The lowest BCUT2D eigenvalue weighted by Crippen LogP contribution is -2.41. The van der Waals surface area contributed by atoms with Crippen molar-refractivity contribution < 1.29 is 14.3 Å². The van der Waals surface area contributed by atoms with E-state index in [1.54, 1.807) is 17.0 Å². The van der Waals surface area contributed by atoms with Crippen molar-refractivity contribution in [2.24, 2.45) is 5.73 Å². The van der Waals surface area contributed by atoms with Crippen LogP contribution in [0, 0.1) is 0 Å². The second kappa shape index (κ2) is 8.00. The first-order valence-corrected chi connectivity index (χ1v) is 9.58. The minimum Gasteiger partial charge on any atom is -0.444 e. The Morgan fingerprint density at radius 1 is 1.07 bits per heavy atom. The van der Waals surface area contributed by atoms with E-state index in [1.807, 2.05) is 51.1 Å². The predicted molar refractivity (Wildman–Crippen MR) is 108 cm³/mol. The van der Waals surface area contributed by atoms with Gasteiger partial charge in [-0.2, -0.15) is 0 Å². The molecular weight excluding hydrogens is 354 g/mol. The molecule has 1 saturated heterocycles. The number of piperidine rings is 1. The lowest BCUT2D eigenvalue weighted by atomic mass is 9.93. The number of hydrogen-bond donors (Lipinski definition) is 1. The highest BCUT2D eigenvalue weighted by molar-refractivity contribution is 5.93. The number of nitrogens with two attached hydrogens (primary N) is 1. The summed E-state index contributed by atoms with van der Waals surface area (Å²) in [6.07, 6.45) is 1.47. The molecule has 2 heterocycles. The highest BCUT2D eigenvalue weighted by Gasteiger charge is 2.28. The number of likely N-dealkylation sites (tertiary alicyclic amines) is 1. The summed E-state index contributed by atoms with van der Waals surface area (Å²) >= 11 is 0. The summed E-state index contributed by atoms with van der Waals surface area (Å²) in [6.45, 7) is 6.96. The molecule has 2 N–H and O–H groups in total. The summed E-state index contributed by atoms with van der Waals surface area (Å²) in [5.41, 5.74) is 8.14. The van der Waals surface area contributed by atoms with Gasteiger partial charge in [-0.3, -0.25) is 9.78 Å². The molecular formula is C22H27N3O3. The molecule has 0 atom stereocenters. The van der Waals surface area contributed by atoms with Crippen LogP contribution in [0.5, 0.6) is 0 Å². The molecule has 1 aromatic carbocycles. The van der Waals surface area contributed by atoms with E-state index in [2.05, 4.69) is 0 Å². The molecule has 0 saturated carbocycles. The number of carbonyl (C=O) groups is 2. The Morgan fingerprint density at radius 2 is 1.71 bits per heavy atom. The maximum Gasteiger partial charge on any atom is 0.410 e. The zero-order valence-electron chi connectivity index (χ0n) is 16.6. The Hall–Kier alpha value is -2.89. The third kappa shape index (κ3) is 4.88. The van der Waals surface area contributed by atoms with Crippen LogP contribution in [0.1, 0.15) is 55.6 Å². The van der Waals surface area contributed by atoms with Crippen molar-refractivity contribution in [2.75, 3.05) is 13.1 Å². The Kier molecular flexibility index (Phi) is 5.68. The second-order valence-electron chi connectivity index (χ2n) is 8.13. The quantitative estimate of drug-likeness (QED) is 0.872. The number of primary amides is 1. The van der Waals surface area contributed by atoms with E-state index in [0.717, 1.165) is 29.8 Å². The molecule has 6 heteroatoms. The Morgan fingerprint density at radius 3 is 2.29 bits per heavy atom. The van der Waals surface area contributed by atoms with E-state index >= 15 is 0 Å². The molecule has 6 nitrogen and oxygen atoms in total. The fraction of sp³-hybridized carbons (Fsp3) is 0.409. The first kappa shape index (κ1) is 19.9. The van der Waals surface area contributed by atoms with Crippen LogP contribution in [0.4, 0.5) is 4.79 Å². The van der Waals surface area contributed by atoms with Gasteiger partial charge in [0.15, 0.2) is 0 Å². The molecule has 1 aliphatic heterocycles. The fourth-order valence-corrected chi connectivity index (χ4v) is 3.33. The van der Waals surface area contributed by atoms with Crippen molar-refractivity contribution in [3.63, 3.8) is 0 Å². The normalized spacial score (nSPS) is 15.3. The number of amides is 2. The van der Waals surface area contributed by atoms with Crippen molar-refractivity contribution in [1.82, 2.24) is 9.88 Å². The van der Waals surface area contributed by atoms with Crippen LogP contribution in [0.3, 0.4) is 0 Å². The van der Waals surface area contributed by atoms with Gasteiger partial charge in [0.25, 0.3) is 0 Å². The molecule has 3 rings (SSSR count). The van der Waals surface area contributed by atoms with Gasteiger partial charge in [0.1, 0.15) is 5.60 Å².